The maximum Gasteiger partial charge on any atom is 0.339 e. The van der Waals surface area contributed by atoms with E-state index >= 15 is 0 Å². The first-order chi connectivity index (χ1) is 16.7. The number of hydrogen-bond donors (Lipinski definition) is 0. The average molecular weight is 492 g/mol. The molecule has 2 heterocycles. The van der Waals surface area contributed by atoms with Gasteiger partial charge in [0.1, 0.15) is 0 Å². The van der Waals surface area contributed by atoms with Gasteiger partial charge in [0.05, 0.1) is 34.7 Å². The standard InChI is InChI=1S/C25H21N3O6S/c1-15-12-18(16(2)27(15)21-11-7-5-9-19(21)24(30)34-3)13-22-23(29)26(25(31)35-22)14-17-8-4-6-10-20(17)28(32)33/h4-13H,14H2,1-3H3/b22-13-. The highest BCUT2D eigenvalue weighted by atomic mass is 32.2. The number of carbonyl (C=O) groups is 3. The number of para-hydroxylation sites is 2. The van der Waals surface area contributed by atoms with Crippen LogP contribution in [0, 0.1) is 24.0 Å². The molecule has 0 unspecified atom stereocenters. The number of nitro groups is 1. The summed E-state index contributed by atoms with van der Waals surface area (Å²) in [6, 6.07) is 14.9. The first-order valence-corrected chi connectivity index (χ1v) is 11.4. The number of imide groups is 1. The lowest BCUT2D eigenvalue weighted by atomic mass is 10.1. The van der Waals surface area contributed by atoms with Crippen LogP contribution in [-0.4, -0.2) is 38.6 Å². The first-order valence-electron chi connectivity index (χ1n) is 10.6. The molecular formula is C25H21N3O6S. The van der Waals surface area contributed by atoms with Gasteiger partial charge >= 0.3 is 5.97 Å². The summed E-state index contributed by atoms with van der Waals surface area (Å²) in [7, 11) is 1.32. The Kier molecular flexibility index (Phi) is 6.57. The van der Waals surface area contributed by atoms with Crippen LogP contribution in [0.25, 0.3) is 11.8 Å². The van der Waals surface area contributed by atoms with Gasteiger partial charge in [0.2, 0.25) is 0 Å². The number of aryl methyl sites for hydroxylation is 1. The van der Waals surface area contributed by atoms with Gasteiger partial charge in [-0.1, -0.05) is 30.3 Å². The highest BCUT2D eigenvalue weighted by Crippen LogP contribution is 2.36. The van der Waals surface area contributed by atoms with E-state index in [1.54, 1.807) is 30.3 Å². The highest BCUT2D eigenvalue weighted by molar-refractivity contribution is 8.18. The fourth-order valence-corrected chi connectivity index (χ4v) is 4.86. The number of thioether (sulfide) groups is 1. The largest absolute Gasteiger partial charge is 0.465 e. The molecule has 0 aliphatic carbocycles. The van der Waals surface area contributed by atoms with E-state index in [9.17, 15) is 24.5 Å². The van der Waals surface area contributed by atoms with Gasteiger partial charge in [0, 0.05) is 23.0 Å². The van der Waals surface area contributed by atoms with E-state index < -0.39 is 22.0 Å². The number of rotatable bonds is 6. The second-order valence-corrected chi connectivity index (χ2v) is 8.82. The van der Waals surface area contributed by atoms with Gasteiger partial charge in [-0.3, -0.25) is 24.6 Å². The smallest absolute Gasteiger partial charge is 0.339 e. The number of methoxy groups -OCH3 is 1. The lowest BCUT2D eigenvalue weighted by Gasteiger charge is -2.13. The zero-order valence-electron chi connectivity index (χ0n) is 19.2. The predicted molar refractivity (Wildman–Crippen MR) is 131 cm³/mol. The molecule has 2 aromatic carbocycles. The minimum Gasteiger partial charge on any atom is -0.465 e. The van der Waals surface area contributed by atoms with Crippen molar-refractivity contribution < 1.29 is 24.0 Å². The maximum atomic E-state index is 13.0. The number of carbonyl (C=O) groups excluding carboxylic acids is 3. The number of aromatic nitrogens is 1. The van der Waals surface area contributed by atoms with E-state index in [1.165, 1.54) is 25.3 Å². The zero-order valence-corrected chi connectivity index (χ0v) is 20.0. The van der Waals surface area contributed by atoms with Crippen LogP contribution in [0.3, 0.4) is 0 Å². The Morgan fingerprint density at radius 2 is 1.80 bits per heavy atom. The zero-order chi connectivity index (χ0) is 25.3. The second kappa shape index (κ2) is 9.59. The van der Waals surface area contributed by atoms with Crippen molar-refractivity contribution in [3.8, 4) is 5.69 Å². The molecule has 9 nitrogen and oxygen atoms in total. The topological polar surface area (TPSA) is 112 Å². The summed E-state index contributed by atoms with van der Waals surface area (Å²) in [4.78, 5) is 49.9. The van der Waals surface area contributed by atoms with Crippen molar-refractivity contribution >= 4 is 40.6 Å². The number of benzene rings is 2. The first kappa shape index (κ1) is 24.0. The molecule has 1 saturated heterocycles. The molecule has 1 fully saturated rings. The van der Waals surface area contributed by atoms with Gasteiger partial charge in [-0.05, 0) is 55.4 Å². The Labute approximate surface area is 205 Å². The Balaban J connectivity index is 1.67. The van der Waals surface area contributed by atoms with Gasteiger partial charge in [-0.15, -0.1) is 0 Å². The molecule has 2 amide bonds. The molecule has 0 saturated carbocycles. The molecule has 0 atom stereocenters. The summed E-state index contributed by atoms with van der Waals surface area (Å²) < 4.78 is 6.79. The third-order valence-electron chi connectivity index (χ3n) is 5.70. The Hall–Kier alpha value is -4.18. The molecule has 0 radical (unpaired) electrons. The molecular weight excluding hydrogens is 470 g/mol. The van der Waals surface area contributed by atoms with Crippen molar-refractivity contribution in [1.29, 1.82) is 0 Å². The number of nitro benzene ring substituents is 1. The maximum absolute atomic E-state index is 13.0. The van der Waals surface area contributed by atoms with Gasteiger partial charge in [-0.25, -0.2) is 4.79 Å². The number of hydrogen-bond acceptors (Lipinski definition) is 7. The quantitative estimate of drug-likeness (QED) is 0.206. The number of ether oxygens (including phenoxy) is 1. The molecule has 0 spiro atoms. The Morgan fingerprint density at radius 1 is 1.11 bits per heavy atom. The molecule has 3 aromatic rings. The number of esters is 1. The lowest BCUT2D eigenvalue weighted by Crippen LogP contribution is -2.27. The van der Waals surface area contributed by atoms with E-state index in [1.807, 2.05) is 30.5 Å². The molecule has 178 valence electrons. The fraction of sp³-hybridized carbons (Fsp3) is 0.160. The summed E-state index contributed by atoms with van der Waals surface area (Å²) in [6.45, 7) is 3.54. The van der Waals surface area contributed by atoms with Crippen molar-refractivity contribution in [3.63, 3.8) is 0 Å². The van der Waals surface area contributed by atoms with E-state index in [2.05, 4.69) is 0 Å². The normalized spacial score (nSPS) is 14.6. The van der Waals surface area contributed by atoms with Crippen LogP contribution in [0.5, 0.6) is 0 Å². The van der Waals surface area contributed by atoms with E-state index in [4.69, 9.17) is 4.74 Å². The van der Waals surface area contributed by atoms with Crippen LogP contribution in [0.1, 0.15) is 32.9 Å². The SMILES string of the molecule is COC(=O)c1ccccc1-n1c(C)cc(/C=C2\SC(=O)N(Cc3ccccc3[N+](=O)[O-])C2=O)c1C. The van der Waals surface area contributed by atoms with Gasteiger partial charge in [0.25, 0.3) is 16.8 Å². The van der Waals surface area contributed by atoms with Crippen LogP contribution in [0.2, 0.25) is 0 Å². The monoisotopic (exact) mass is 491 g/mol. The second-order valence-electron chi connectivity index (χ2n) is 7.82. The molecule has 10 heteroatoms. The van der Waals surface area contributed by atoms with E-state index in [-0.39, 0.29) is 22.7 Å². The summed E-state index contributed by atoms with van der Waals surface area (Å²) in [6.07, 6.45) is 1.63. The van der Waals surface area contributed by atoms with Crippen molar-refractivity contribution in [2.45, 2.75) is 20.4 Å². The summed E-state index contributed by atoms with van der Waals surface area (Å²) in [5.74, 6) is -0.983. The van der Waals surface area contributed by atoms with Crippen LogP contribution in [0.4, 0.5) is 10.5 Å². The van der Waals surface area contributed by atoms with Gasteiger partial charge in [-0.2, -0.15) is 0 Å². The van der Waals surface area contributed by atoms with Crippen molar-refractivity contribution in [3.05, 3.63) is 97.7 Å². The van der Waals surface area contributed by atoms with E-state index in [0.29, 0.717) is 16.8 Å². The predicted octanol–water partition coefficient (Wildman–Crippen LogP) is 5.03. The van der Waals surface area contributed by atoms with Crippen LogP contribution >= 0.6 is 11.8 Å². The number of amides is 2. The molecule has 1 aromatic heterocycles. The van der Waals surface area contributed by atoms with Crippen LogP contribution < -0.4 is 0 Å². The van der Waals surface area contributed by atoms with Gasteiger partial charge < -0.3 is 9.30 Å². The summed E-state index contributed by atoms with van der Waals surface area (Å²) in [5, 5.41) is 10.8. The molecule has 1 aliphatic rings. The minimum absolute atomic E-state index is 0.150. The highest BCUT2D eigenvalue weighted by Gasteiger charge is 2.36. The van der Waals surface area contributed by atoms with E-state index in [0.717, 1.165) is 28.0 Å². The van der Waals surface area contributed by atoms with Gasteiger partial charge in [0.15, 0.2) is 0 Å². The fourth-order valence-electron chi connectivity index (χ4n) is 4.03. The average Bonchev–Trinajstić information content (AvgIpc) is 3.27. The van der Waals surface area contributed by atoms with Crippen molar-refractivity contribution in [1.82, 2.24) is 9.47 Å². The third-order valence-corrected chi connectivity index (χ3v) is 6.60. The summed E-state index contributed by atoms with van der Waals surface area (Å²) in [5.41, 5.74) is 3.46. The third kappa shape index (κ3) is 4.47. The molecule has 35 heavy (non-hydrogen) atoms. The lowest BCUT2D eigenvalue weighted by molar-refractivity contribution is -0.385. The van der Waals surface area contributed by atoms with Crippen molar-refractivity contribution in [2.75, 3.05) is 7.11 Å². The Bertz CT molecular complexity index is 1410. The molecule has 4 rings (SSSR count). The van der Waals surface area contributed by atoms with Crippen molar-refractivity contribution in [2.24, 2.45) is 0 Å². The van der Waals surface area contributed by atoms with Crippen LogP contribution in [-0.2, 0) is 16.1 Å². The number of nitrogens with zero attached hydrogens (tertiary/aromatic N) is 3. The minimum atomic E-state index is -0.536. The summed E-state index contributed by atoms with van der Waals surface area (Å²) >= 11 is 0.787. The van der Waals surface area contributed by atoms with Crippen LogP contribution in [0.15, 0.2) is 59.5 Å². The Morgan fingerprint density at radius 3 is 2.51 bits per heavy atom. The molecule has 1 aliphatic heterocycles. The molecule has 0 bridgehead atoms. The molecule has 0 N–H and O–H groups in total.